The van der Waals surface area contributed by atoms with E-state index >= 15 is 0 Å². The number of amides is 1. The minimum atomic E-state index is -0.363. The Morgan fingerprint density at radius 2 is 2.08 bits per heavy atom. The largest absolute Gasteiger partial charge is 0.489 e. The molecule has 1 aliphatic carbocycles. The first-order valence-corrected chi connectivity index (χ1v) is 8.82. The Bertz CT molecular complexity index is 538. The van der Waals surface area contributed by atoms with Crippen molar-refractivity contribution in [2.45, 2.75) is 39.2 Å². The number of hydrogen-bond donors (Lipinski definition) is 1. The Hall–Kier alpha value is -1.62. The fraction of sp³-hybridized carbons (Fsp3) is 0.632. The van der Waals surface area contributed by atoms with E-state index in [1.165, 1.54) is 18.9 Å². The summed E-state index contributed by atoms with van der Waals surface area (Å²) in [5, 5.41) is 3.17. The van der Waals surface area contributed by atoms with E-state index < -0.39 is 0 Å². The van der Waals surface area contributed by atoms with Gasteiger partial charge >= 0.3 is 0 Å². The normalized spacial score (nSPS) is 24.0. The van der Waals surface area contributed by atoms with Crippen molar-refractivity contribution in [1.82, 2.24) is 10.2 Å². The van der Waals surface area contributed by atoms with E-state index in [1.807, 2.05) is 11.9 Å². The number of hydrogen-bond acceptors (Lipinski definition) is 3. The monoisotopic (exact) mass is 336 g/mol. The topological polar surface area (TPSA) is 41.6 Å². The fourth-order valence-corrected chi connectivity index (χ4v) is 3.24. The summed E-state index contributed by atoms with van der Waals surface area (Å²) in [7, 11) is 1.87. The van der Waals surface area contributed by atoms with Crippen LogP contribution in [0.15, 0.2) is 24.3 Å². The first kappa shape index (κ1) is 18.7. The molecule has 0 aliphatic heterocycles. The van der Waals surface area contributed by atoms with Crippen LogP contribution in [-0.4, -0.2) is 43.6 Å². The molecule has 1 aromatic rings. The number of ether oxygens (including phenoxy) is 1. The van der Waals surface area contributed by atoms with E-state index in [-0.39, 0.29) is 23.5 Å². The van der Waals surface area contributed by atoms with Crippen molar-refractivity contribution in [2.75, 3.05) is 26.7 Å². The molecule has 0 spiro atoms. The summed E-state index contributed by atoms with van der Waals surface area (Å²) in [5.41, 5.74) is 0. The maximum absolute atomic E-state index is 13.5. The van der Waals surface area contributed by atoms with Crippen molar-refractivity contribution >= 4 is 5.91 Å². The van der Waals surface area contributed by atoms with Gasteiger partial charge in [0.05, 0.1) is 6.54 Å². The van der Waals surface area contributed by atoms with E-state index in [0.29, 0.717) is 31.5 Å². The lowest BCUT2D eigenvalue weighted by Gasteiger charge is -2.35. The number of likely N-dealkylation sites (N-methyl/N-ethyl adjacent to an activating group) is 1. The lowest BCUT2D eigenvalue weighted by molar-refractivity contribution is -0.123. The first-order chi connectivity index (χ1) is 11.5. The standard InChI is InChI=1S/C19H29FN2O2/c1-14-7-6-9-17(15(14)2)21-19(23)13-22(3)11-12-24-18-10-5-4-8-16(18)20/h4-5,8,10,14-15,17H,6-7,9,11-13H2,1-3H3,(H,21,23)/t14-,15-,17-/m1/s1. The average molecular weight is 336 g/mol. The van der Waals surface area contributed by atoms with Gasteiger partial charge in [-0.2, -0.15) is 0 Å². The zero-order valence-corrected chi connectivity index (χ0v) is 14.9. The molecule has 4 nitrogen and oxygen atoms in total. The highest BCUT2D eigenvalue weighted by atomic mass is 19.1. The van der Waals surface area contributed by atoms with Crippen molar-refractivity contribution in [1.29, 1.82) is 0 Å². The molecule has 0 heterocycles. The summed E-state index contributed by atoms with van der Waals surface area (Å²) in [6.07, 6.45) is 3.50. The van der Waals surface area contributed by atoms with Crippen LogP contribution in [0, 0.1) is 17.7 Å². The molecule has 2 rings (SSSR count). The van der Waals surface area contributed by atoms with Gasteiger partial charge in [0.25, 0.3) is 0 Å². The van der Waals surface area contributed by atoms with Crippen LogP contribution in [-0.2, 0) is 4.79 Å². The molecule has 0 saturated heterocycles. The minimum Gasteiger partial charge on any atom is -0.489 e. The van der Waals surface area contributed by atoms with Crippen LogP contribution in [0.4, 0.5) is 4.39 Å². The SMILES string of the molecule is C[C@@H]1[C@H](C)CCC[C@H]1NC(=O)CN(C)CCOc1ccccc1F. The van der Waals surface area contributed by atoms with Crippen LogP contribution >= 0.6 is 0 Å². The molecule has 1 amide bonds. The van der Waals surface area contributed by atoms with Gasteiger partial charge in [0.1, 0.15) is 6.61 Å². The summed E-state index contributed by atoms with van der Waals surface area (Å²) in [5.74, 6) is 1.13. The van der Waals surface area contributed by atoms with E-state index in [4.69, 9.17) is 4.74 Å². The van der Waals surface area contributed by atoms with Crippen LogP contribution in [0.3, 0.4) is 0 Å². The quantitative estimate of drug-likeness (QED) is 0.832. The Kier molecular flexibility index (Phi) is 7.03. The highest BCUT2D eigenvalue weighted by Crippen LogP contribution is 2.29. The van der Waals surface area contributed by atoms with Crippen LogP contribution in [0.5, 0.6) is 5.75 Å². The van der Waals surface area contributed by atoms with Gasteiger partial charge in [-0.05, 0) is 37.4 Å². The summed E-state index contributed by atoms with van der Waals surface area (Å²) < 4.78 is 18.9. The average Bonchev–Trinajstić information content (AvgIpc) is 2.53. The predicted molar refractivity (Wildman–Crippen MR) is 93.5 cm³/mol. The van der Waals surface area contributed by atoms with Crippen LogP contribution in [0.25, 0.3) is 0 Å². The molecule has 3 atom stereocenters. The molecule has 5 heteroatoms. The molecule has 0 aromatic heterocycles. The Balaban J connectivity index is 1.69. The fourth-order valence-electron chi connectivity index (χ4n) is 3.24. The molecule has 1 fully saturated rings. The lowest BCUT2D eigenvalue weighted by atomic mass is 9.78. The van der Waals surface area contributed by atoms with Gasteiger partial charge in [0, 0.05) is 12.6 Å². The number of rotatable bonds is 7. The second-order valence-electron chi connectivity index (χ2n) is 6.96. The summed E-state index contributed by atoms with van der Waals surface area (Å²) in [6.45, 7) is 5.73. The maximum atomic E-state index is 13.5. The number of nitrogens with zero attached hydrogens (tertiary/aromatic N) is 1. The molecule has 1 saturated carbocycles. The van der Waals surface area contributed by atoms with Crippen molar-refractivity contribution < 1.29 is 13.9 Å². The number of para-hydroxylation sites is 1. The second-order valence-corrected chi connectivity index (χ2v) is 6.96. The van der Waals surface area contributed by atoms with Crippen molar-refractivity contribution in [3.8, 4) is 5.75 Å². The zero-order chi connectivity index (χ0) is 17.5. The van der Waals surface area contributed by atoms with Crippen molar-refractivity contribution in [3.05, 3.63) is 30.1 Å². The number of benzene rings is 1. The minimum absolute atomic E-state index is 0.0503. The van der Waals surface area contributed by atoms with E-state index in [0.717, 1.165) is 6.42 Å². The van der Waals surface area contributed by atoms with Crippen LogP contribution in [0.2, 0.25) is 0 Å². The maximum Gasteiger partial charge on any atom is 0.234 e. The van der Waals surface area contributed by atoms with Gasteiger partial charge < -0.3 is 10.1 Å². The molecular weight excluding hydrogens is 307 g/mol. The molecule has 24 heavy (non-hydrogen) atoms. The number of nitrogens with one attached hydrogen (secondary N) is 1. The van der Waals surface area contributed by atoms with Crippen LogP contribution < -0.4 is 10.1 Å². The van der Waals surface area contributed by atoms with Gasteiger partial charge in [0.2, 0.25) is 5.91 Å². The van der Waals surface area contributed by atoms with Crippen molar-refractivity contribution in [2.24, 2.45) is 11.8 Å². The van der Waals surface area contributed by atoms with Gasteiger partial charge in [-0.15, -0.1) is 0 Å². The van der Waals surface area contributed by atoms with Crippen LogP contribution in [0.1, 0.15) is 33.1 Å². The third kappa shape index (κ3) is 5.48. The molecule has 1 aromatic carbocycles. The van der Waals surface area contributed by atoms with E-state index in [1.54, 1.807) is 18.2 Å². The predicted octanol–water partition coefficient (Wildman–Crippen LogP) is 3.08. The lowest BCUT2D eigenvalue weighted by Crippen LogP contribution is -2.47. The van der Waals surface area contributed by atoms with Gasteiger partial charge in [-0.1, -0.05) is 38.8 Å². The summed E-state index contributed by atoms with van der Waals surface area (Å²) in [4.78, 5) is 14.1. The van der Waals surface area contributed by atoms with Crippen molar-refractivity contribution in [3.63, 3.8) is 0 Å². The third-order valence-electron chi connectivity index (χ3n) is 5.03. The third-order valence-corrected chi connectivity index (χ3v) is 5.03. The number of carbonyl (C=O) groups is 1. The highest BCUT2D eigenvalue weighted by Gasteiger charge is 2.28. The molecular formula is C19H29FN2O2. The summed E-state index contributed by atoms with van der Waals surface area (Å²) in [6, 6.07) is 6.63. The molecule has 1 N–H and O–H groups in total. The highest BCUT2D eigenvalue weighted by molar-refractivity contribution is 5.78. The smallest absolute Gasteiger partial charge is 0.234 e. The van der Waals surface area contributed by atoms with E-state index in [9.17, 15) is 9.18 Å². The van der Waals surface area contributed by atoms with Gasteiger partial charge in [0.15, 0.2) is 11.6 Å². The van der Waals surface area contributed by atoms with Gasteiger partial charge in [-0.25, -0.2) is 4.39 Å². The second kappa shape index (κ2) is 9.02. The molecule has 1 aliphatic rings. The molecule has 0 unspecified atom stereocenters. The Morgan fingerprint density at radius 3 is 2.83 bits per heavy atom. The molecule has 134 valence electrons. The first-order valence-electron chi connectivity index (χ1n) is 8.82. The Morgan fingerprint density at radius 1 is 1.33 bits per heavy atom. The number of halogens is 1. The molecule has 0 bridgehead atoms. The van der Waals surface area contributed by atoms with E-state index in [2.05, 4.69) is 19.2 Å². The Labute approximate surface area is 144 Å². The molecule has 0 radical (unpaired) electrons. The number of carbonyl (C=O) groups excluding carboxylic acids is 1. The van der Waals surface area contributed by atoms with Gasteiger partial charge in [-0.3, -0.25) is 9.69 Å². The summed E-state index contributed by atoms with van der Waals surface area (Å²) >= 11 is 0. The zero-order valence-electron chi connectivity index (χ0n) is 14.9.